The molecule has 2 atom stereocenters. The second-order valence-electron chi connectivity index (χ2n) is 4.46. The molecule has 1 aromatic carbocycles. The van der Waals surface area contributed by atoms with Crippen LogP contribution in [0.5, 0.6) is 5.75 Å². The molecule has 0 saturated heterocycles. The van der Waals surface area contributed by atoms with E-state index < -0.39 is 12.1 Å². The van der Waals surface area contributed by atoms with Gasteiger partial charge in [0.15, 0.2) is 0 Å². The smallest absolute Gasteiger partial charge is 0.321 e. The molecule has 110 valence electrons. The van der Waals surface area contributed by atoms with Gasteiger partial charge in [-0.3, -0.25) is 15.4 Å². The summed E-state index contributed by atoms with van der Waals surface area (Å²) in [5, 5.41) is 7.70. The van der Waals surface area contributed by atoms with Crippen molar-refractivity contribution in [2.24, 2.45) is 0 Å². The van der Waals surface area contributed by atoms with Gasteiger partial charge >= 0.3 is 6.03 Å². The molecule has 3 N–H and O–H groups in total. The molecule has 0 saturated carbocycles. The minimum Gasteiger partial charge on any atom is -0.497 e. The monoisotopic (exact) mass is 279 g/mol. The van der Waals surface area contributed by atoms with Crippen molar-refractivity contribution >= 4 is 11.9 Å². The highest BCUT2D eigenvalue weighted by Gasteiger charge is 2.18. The minimum atomic E-state index is -0.516. The van der Waals surface area contributed by atoms with Crippen molar-refractivity contribution in [3.8, 4) is 5.75 Å². The number of ether oxygens (including phenoxy) is 1. The molecule has 20 heavy (non-hydrogen) atoms. The molecule has 1 rings (SSSR count). The minimum absolute atomic E-state index is 0.0458. The summed E-state index contributed by atoms with van der Waals surface area (Å²) < 4.78 is 5.16. The van der Waals surface area contributed by atoms with Gasteiger partial charge in [0.25, 0.3) is 0 Å². The maximum absolute atomic E-state index is 11.7. The van der Waals surface area contributed by atoms with E-state index >= 15 is 0 Å². The Balaban J connectivity index is 2.62. The summed E-state index contributed by atoms with van der Waals surface area (Å²) in [4.78, 5) is 22.8. The molecule has 0 heterocycles. The lowest BCUT2D eigenvalue weighted by atomic mass is 10.1. The predicted octanol–water partition coefficient (Wildman–Crippen LogP) is 1.19. The van der Waals surface area contributed by atoms with Crippen LogP contribution in [-0.4, -0.2) is 32.1 Å². The molecule has 3 amide bonds. The van der Waals surface area contributed by atoms with Crippen LogP contribution in [0.3, 0.4) is 0 Å². The summed E-state index contributed by atoms with van der Waals surface area (Å²) in [6.45, 7) is 3.65. The van der Waals surface area contributed by atoms with Gasteiger partial charge in [-0.2, -0.15) is 0 Å². The van der Waals surface area contributed by atoms with E-state index in [1.54, 1.807) is 14.0 Å². The highest BCUT2D eigenvalue weighted by Crippen LogP contribution is 2.19. The quantitative estimate of drug-likeness (QED) is 0.756. The summed E-state index contributed by atoms with van der Waals surface area (Å²) in [6, 6.07) is 6.55. The highest BCUT2D eigenvalue weighted by molar-refractivity contribution is 5.96. The number of hydrogen-bond acceptors (Lipinski definition) is 4. The fourth-order valence-corrected chi connectivity index (χ4v) is 1.74. The van der Waals surface area contributed by atoms with E-state index in [0.717, 1.165) is 11.3 Å². The Hall–Kier alpha value is -2.08. The van der Waals surface area contributed by atoms with Crippen LogP contribution in [0, 0.1) is 0 Å². The Kier molecular flexibility index (Phi) is 5.99. The van der Waals surface area contributed by atoms with E-state index in [4.69, 9.17) is 4.74 Å². The van der Waals surface area contributed by atoms with Crippen LogP contribution in [0.4, 0.5) is 4.79 Å². The molecule has 6 heteroatoms. The van der Waals surface area contributed by atoms with Crippen LogP contribution < -0.4 is 20.7 Å². The number of benzene rings is 1. The second-order valence-corrected chi connectivity index (χ2v) is 4.46. The Bertz CT molecular complexity index is 476. The Morgan fingerprint density at radius 3 is 2.55 bits per heavy atom. The summed E-state index contributed by atoms with van der Waals surface area (Å²) >= 11 is 0. The number of imide groups is 1. The van der Waals surface area contributed by atoms with Crippen LogP contribution in [0.1, 0.15) is 25.5 Å². The Labute approximate surface area is 118 Å². The average molecular weight is 279 g/mol. The largest absolute Gasteiger partial charge is 0.497 e. The maximum atomic E-state index is 11.7. The molecule has 0 aliphatic heterocycles. The van der Waals surface area contributed by atoms with Gasteiger partial charge in [0.1, 0.15) is 5.75 Å². The first-order valence-corrected chi connectivity index (χ1v) is 6.40. The fourth-order valence-electron chi connectivity index (χ4n) is 1.74. The lowest BCUT2D eigenvalue weighted by Gasteiger charge is -2.20. The number of carbonyl (C=O) groups excluding carboxylic acids is 2. The standard InChI is InChI=1S/C14H21N3O3/c1-9(11-6-5-7-12(8-11)20-4)16-10(2)13(18)17-14(19)15-3/h5-10,16H,1-4H3,(H2,15,17,18,19)/t9-,10?/m0/s1. The lowest BCUT2D eigenvalue weighted by molar-refractivity contribution is -0.121. The summed E-state index contributed by atoms with van der Waals surface area (Å²) in [6.07, 6.45) is 0. The first-order chi connectivity index (χ1) is 9.47. The Morgan fingerprint density at radius 1 is 1.25 bits per heavy atom. The van der Waals surface area contributed by atoms with Gasteiger partial charge in [-0.1, -0.05) is 12.1 Å². The zero-order chi connectivity index (χ0) is 15.1. The van der Waals surface area contributed by atoms with Crippen molar-refractivity contribution in [2.45, 2.75) is 25.9 Å². The van der Waals surface area contributed by atoms with Gasteiger partial charge in [-0.25, -0.2) is 4.79 Å². The van der Waals surface area contributed by atoms with Crippen molar-refractivity contribution in [2.75, 3.05) is 14.2 Å². The van der Waals surface area contributed by atoms with Crippen molar-refractivity contribution < 1.29 is 14.3 Å². The van der Waals surface area contributed by atoms with Crippen molar-refractivity contribution in [3.05, 3.63) is 29.8 Å². The van der Waals surface area contributed by atoms with Crippen molar-refractivity contribution in [1.29, 1.82) is 0 Å². The number of carbonyl (C=O) groups is 2. The molecule has 1 aromatic rings. The van der Waals surface area contributed by atoms with Gasteiger partial charge in [0.2, 0.25) is 5.91 Å². The van der Waals surface area contributed by atoms with E-state index in [2.05, 4.69) is 16.0 Å². The number of methoxy groups -OCH3 is 1. The maximum Gasteiger partial charge on any atom is 0.321 e. The molecule has 0 aromatic heterocycles. The van der Waals surface area contributed by atoms with E-state index in [0.29, 0.717) is 0 Å². The third-order valence-electron chi connectivity index (χ3n) is 2.95. The van der Waals surface area contributed by atoms with Crippen molar-refractivity contribution in [3.63, 3.8) is 0 Å². The molecule has 6 nitrogen and oxygen atoms in total. The van der Waals surface area contributed by atoms with E-state index in [-0.39, 0.29) is 11.9 Å². The molecular weight excluding hydrogens is 258 g/mol. The van der Waals surface area contributed by atoms with Crippen LogP contribution in [0.25, 0.3) is 0 Å². The van der Waals surface area contributed by atoms with E-state index in [1.807, 2.05) is 31.2 Å². The number of nitrogens with one attached hydrogen (secondary N) is 3. The van der Waals surface area contributed by atoms with Gasteiger partial charge in [0.05, 0.1) is 13.2 Å². The molecule has 0 aliphatic carbocycles. The first kappa shape index (κ1) is 16.0. The number of urea groups is 1. The molecule has 0 aliphatic rings. The average Bonchev–Trinajstić information content (AvgIpc) is 2.46. The molecule has 0 fully saturated rings. The number of rotatable bonds is 5. The number of hydrogen-bond donors (Lipinski definition) is 3. The van der Waals surface area contributed by atoms with Crippen LogP contribution in [0.2, 0.25) is 0 Å². The van der Waals surface area contributed by atoms with E-state index in [1.165, 1.54) is 7.05 Å². The van der Waals surface area contributed by atoms with Gasteiger partial charge in [0, 0.05) is 13.1 Å². The summed E-state index contributed by atoms with van der Waals surface area (Å²) in [7, 11) is 3.07. The number of amides is 3. The zero-order valence-electron chi connectivity index (χ0n) is 12.2. The summed E-state index contributed by atoms with van der Waals surface area (Å²) in [5.74, 6) is 0.387. The third kappa shape index (κ3) is 4.55. The zero-order valence-corrected chi connectivity index (χ0v) is 12.2. The second kappa shape index (κ2) is 7.49. The van der Waals surface area contributed by atoms with Crippen LogP contribution in [-0.2, 0) is 4.79 Å². The highest BCUT2D eigenvalue weighted by atomic mass is 16.5. The van der Waals surface area contributed by atoms with Crippen LogP contribution >= 0.6 is 0 Å². The SMILES string of the molecule is CNC(=O)NC(=O)C(C)N[C@@H](C)c1cccc(OC)c1. The molecule has 0 spiro atoms. The van der Waals surface area contributed by atoms with Gasteiger partial charge < -0.3 is 10.1 Å². The molecule has 1 unspecified atom stereocenters. The van der Waals surface area contributed by atoms with Crippen molar-refractivity contribution in [1.82, 2.24) is 16.0 Å². The molecule has 0 radical (unpaired) electrons. The van der Waals surface area contributed by atoms with Crippen LogP contribution in [0.15, 0.2) is 24.3 Å². The van der Waals surface area contributed by atoms with Gasteiger partial charge in [-0.15, -0.1) is 0 Å². The molecular formula is C14H21N3O3. The van der Waals surface area contributed by atoms with Gasteiger partial charge in [-0.05, 0) is 31.5 Å². The predicted molar refractivity (Wildman–Crippen MR) is 76.6 cm³/mol. The fraction of sp³-hybridized carbons (Fsp3) is 0.429. The normalized spacial score (nSPS) is 13.2. The summed E-state index contributed by atoms with van der Waals surface area (Å²) in [5.41, 5.74) is 1.00. The Morgan fingerprint density at radius 2 is 1.95 bits per heavy atom. The topological polar surface area (TPSA) is 79.5 Å². The third-order valence-corrected chi connectivity index (χ3v) is 2.95. The van der Waals surface area contributed by atoms with E-state index in [9.17, 15) is 9.59 Å². The molecule has 0 bridgehead atoms. The lowest BCUT2D eigenvalue weighted by Crippen LogP contribution is -2.47. The first-order valence-electron chi connectivity index (χ1n) is 6.40.